The molecular formula is C20H36. The number of unbranched alkanes of at least 4 members (excludes halogenated alkanes) is 1. The second-order valence-corrected chi connectivity index (χ2v) is 4.49. The molecular weight excluding hydrogens is 240 g/mol. The van der Waals surface area contributed by atoms with Crippen molar-refractivity contribution in [3.63, 3.8) is 0 Å². The van der Waals surface area contributed by atoms with Crippen molar-refractivity contribution >= 4 is 6.08 Å². The van der Waals surface area contributed by atoms with E-state index in [1.165, 1.54) is 48.8 Å². The summed E-state index contributed by atoms with van der Waals surface area (Å²) in [5, 5.41) is 0. The van der Waals surface area contributed by atoms with Gasteiger partial charge in [-0.2, -0.15) is 0 Å². The quantitative estimate of drug-likeness (QED) is 0.525. The van der Waals surface area contributed by atoms with Crippen molar-refractivity contribution in [3.05, 3.63) is 41.0 Å². The molecule has 1 rings (SSSR count). The van der Waals surface area contributed by atoms with Gasteiger partial charge in [0.25, 0.3) is 0 Å². The van der Waals surface area contributed by atoms with E-state index in [4.69, 9.17) is 0 Å². The van der Waals surface area contributed by atoms with Crippen LogP contribution in [0.4, 0.5) is 0 Å². The lowest BCUT2D eigenvalue weighted by molar-refractivity contribution is 0.778. The van der Waals surface area contributed by atoms with Crippen molar-refractivity contribution in [1.82, 2.24) is 0 Å². The summed E-state index contributed by atoms with van der Waals surface area (Å²) < 4.78 is 0. The van der Waals surface area contributed by atoms with Crippen LogP contribution in [0.5, 0.6) is 0 Å². The fraction of sp³-hybridized carbons (Fsp3) is 0.600. The Morgan fingerprint density at radius 1 is 0.950 bits per heavy atom. The zero-order valence-electron chi connectivity index (χ0n) is 15.0. The molecule has 0 aliphatic carbocycles. The molecule has 0 aliphatic rings. The van der Waals surface area contributed by atoms with Gasteiger partial charge >= 0.3 is 0 Å². The van der Waals surface area contributed by atoms with Gasteiger partial charge in [0.1, 0.15) is 0 Å². The molecule has 0 aromatic heterocycles. The summed E-state index contributed by atoms with van der Waals surface area (Å²) in [7, 11) is 0. The van der Waals surface area contributed by atoms with Crippen LogP contribution in [0.1, 0.15) is 83.1 Å². The lowest BCUT2D eigenvalue weighted by atomic mass is 9.91. The highest BCUT2D eigenvalue weighted by molar-refractivity contribution is 5.58. The van der Waals surface area contributed by atoms with E-state index >= 15 is 0 Å². The molecule has 0 bridgehead atoms. The highest BCUT2D eigenvalue weighted by Gasteiger charge is 2.07. The van der Waals surface area contributed by atoms with Crippen molar-refractivity contribution in [2.75, 3.05) is 0 Å². The van der Waals surface area contributed by atoms with Gasteiger partial charge in [-0.15, -0.1) is 0 Å². The number of benzene rings is 1. The van der Waals surface area contributed by atoms with Crippen LogP contribution < -0.4 is 0 Å². The molecule has 0 unspecified atom stereocenters. The highest BCUT2D eigenvalue weighted by Crippen LogP contribution is 2.23. The van der Waals surface area contributed by atoms with Gasteiger partial charge in [-0.3, -0.25) is 0 Å². The first-order valence-corrected chi connectivity index (χ1v) is 8.48. The third kappa shape index (κ3) is 6.93. The van der Waals surface area contributed by atoms with Gasteiger partial charge in [0.15, 0.2) is 0 Å². The van der Waals surface area contributed by atoms with Crippen LogP contribution in [0.25, 0.3) is 6.08 Å². The van der Waals surface area contributed by atoms with Gasteiger partial charge in [-0.1, -0.05) is 79.2 Å². The molecule has 1 aromatic carbocycles. The normalized spacial score (nSPS) is 8.95. The van der Waals surface area contributed by atoms with Gasteiger partial charge in [0.2, 0.25) is 0 Å². The second kappa shape index (κ2) is 14.4. The molecule has 0 fully saturated rings. The largest absolute Gasteiger partial charge is 0.0984 e. The van der Waals surface area contributed by atoms with Gasteiger partial charge < -0.3 is 0 Å². The molecule has 0 heteroatoms. The van der Waals surface area contributed by atoms with Crippen molar-refractivity contribution in [1.29, 1.82) is 0 Å². The average molecular weight is 277 g/mol. The topological polar surface area (TPSA) is 0 Å². The first kappa shape index (κ1) is 21.3. The van der Waals surface area contributed by atoms with Crippen LogP contribution in [0, 0.1) is 6.92 Å². The Morgan fingerprint density at radius 3 is 2.00 bits per heavy atom. The molecule has 20 heavy (non-hydrogen) atoms. The van der Waals surface area contributed by atoms with E-state index in [1.807, 2.05) is 33.8 Å². The summed E-state index contributed by atoms with van der Waals surface area (Å²) in [4.78, 5) is 0. The van der Waals surface area contributed by atoms with Gasteiger partial charge in [-0.25, -0.2) is 0 Å². The smallest absolute Gasteiger partial charge is 0.0198 e. The summed E-state index contributed by atoms with van der Waals surface area (Å²) in [6.07, 6.45) is 8.18. The van der Waals surface area contributed by atoms with E-state index in [-0.39, 0.29) is 0 Å². The van der Waals surface area contributed by atoms with Gasteiger partial charge in [0.05, 0.1) is 0 Å². The monoisotopic (exact) mass is 276 g/mol. The Hall–Kier alpha value is -1.04. The van der Waals surface area contributed by atoms with E-state index in [0.717, 1.165) is 0 Å². The third-order valence-electron chi connectivity index (χ3n) is 3.18. The number of aryl methyl sites for hydroxylation is 2. The Morgan fingerprint density at radius 2 is 1.55 bits per heavy atom. The van der Waals surface area contributed by atoms with Crippen molar-refractivity contribution in [3.8, 4) is 0 Å². The van der Waals surface area contributed by atoms with Crippen molar-refractivity contribution < 1.29 is 0 Å². The first-order chi connectivity index (χ1) is 9.74. The molecule has 0 aliphatic heterocycles. The summed E-state index contributed by atoms with van der Waals surface area (Å²) in [6.45, 7) is 18.6. The second-order valence-electron chi connectivity index (χ2n) is 4.49. The zero-order valence-corrected chi connectivity index (χ0v) is 15.0. The van der Waals surface area contributed by atoms with E-state index in [1.54, 1.807) is 5.56 Å². The third-order valence-corrected chi connectivity index (χ3v) is 3.18. The van der Waals surface area contributed by atoms with Crippen LogP contribution in [0.3, 0.4) is 0 Å². The maximum atomic E-state index is 3.96. The average Bonchev–Trinajstić information content (AvgIpc) is 2.51. The molecule has 116 valence electrons. The summed E-state index contributed by atoms with van der Waals surface area (Å²) >= 11 is 0. The fourth-order valence-corrected chi connectivity index (χ4v) is 2.26. The zero-order chi connectivity index (χ0) is 16.0. The number of rotatable bonds is 6. The summed E-state index contributed by atoms with van der Waals surface area (Å²) in [5.74, 6) is 0. The predicted molar refractivity (Wildman–Crippen MR) is 96.6 cm³/mol. The Balaban J connectivity index is 0. The van der Waals surface area contributed by atoms with E-state index in [0.29, 0.717) is 0 Å². The summed E-state index contributed by atoms with van der Waals surface area (Å²) in [6, 6.07) is 4.54. The first-order valence-electron chi connectivity index (χ1n) is 8.48. The maximum absolute atomic E-state index is 3.96. The lowest BCUT2D eigenvalue weighted by Gasteiger charge is -2.14. The molecule has 0 saturated heterocycles. The van der Waals surface area contributed by atoms with E-state index in [9.17, 15) is 0 Å². The van der Waals surface area contributed by atoms with Crippen LogP contribution in [-0.4, -0.2) is 0 Å². The van der Waals surface area contributed by atoms with Crippen LogP contribution in [0.15, 0.2) is 18.7 Å². The minimum Gasteiger partial charge on any atom is -0.0984 e. The van der Waals surface area contributed by atoms with Crippen LogP contribution >= 0.6 is 0 Å². The van der Waals surface area contributed by atoms with Crippen molar-refractivity contribution in [2.45, 2.75) is 80.6 Å². The summed E-state index contributed by atoms with van der Waals surface area (Å²) in [5.41, 5.74) is 5.80. The number of hydrogen-bond donors (Lipinski definition) is 0. The molecule has 1 aromatic rings. The Labute approximate surface area is 128 Å². The molecule has 0 saturated carbocycles. The molecule has 0 heterocycles. The van der Waals surface area contributed by atoms with Crippen LogP contribution in [0.2, 0.25) is 0 Å². The number of hydrogen-bond acceptors (Lipinski definition) is 0. The minimum absolute atomic E-state index is 1.19. The maximum Gasteiger partial charge on any atom is -0.0198 e. The molecule has 0 N–H and O–H groups in total. The minimum atomic E-state index is 1.19. The van der Waals surface area contributed by atoms with E-state index in [2.05, 4.69) is 39.5 Å². The lowest BCUT2D eigenvalue weighted by Crippen LogP contribution is -2.00. The molecule has 0 amide bonds. The van der Waals surface area contributed by atoms with Gasteiger partial charge in [0, 0.05) is 0 Å². The standard InChI is InChI=1S/C16H24.2C2H6/c1-5-8-10-16-14(9-6-2)12-11-13(4)15(16)7-3;2*1-2/h7,11-12H,3,5-6,8-10H2,1-2,4H3;2*1-2H3. The van der Waals surface area contributed by atoms with Gasteiger partial charge in [-0.05, 0) is 48.4 Å². The molecule has 0 nitrogen and oxygen atoms in total. The SMILES string of the molecule is C=Cc1c(C)ccc(CCC)c1CCCC.CC.CC. The predicted octanol–water partition coefficient (Wildman–Crippen LogP) is 6.99. The Kier molecular flexibility index (Phi) is 15.3. The molecule has 0 radical (unpaired) electrons. The molecule has 0 spiro atoms. The fourth-order valence-electron chi connectivity index (χ4n) is 2.26. The van der Waals surface area contributed by atoms with E-state index < -0.39 is 0 Å². The highest BCUT2D eigenvalue weighted by atomic mass is 14.1. The molecule has 0 atom stereocenters. The van der Waals surface area contributed by atoms with Crippen LogP contribution in [-0.2, 0) is 12.8 Å². The Bertz CT molecular complexity index is 347. The van der Waals surface area contributed by atoms with Crippen molar-refractivity contribution in [2.24, 2.45) is 0 Å².